The molecule has 0 radical (unpaired) electrons. The fourth-order valence-electron chi connectivity index (χ4n) is 2.68. The number of sulfonamides is 1. The molecule has 0 spiro atoms. The number of hydrogen-bond acceptors (Lipinski definition) is 6. The molecule has 1 unspecified atom stereocenters. The van der Waals surface area contributed by atoms with Crippen LogP contribution in [0.4, 0.5) is 0 Å². The Hall–Kier alpha value is -1.90. The molecule has 2 heterocycles. The highest BCUT2D eigenvalue weighted by molar-refractivity contribution is 7.88. The van der Waals surface area contributed by atoms with Gasteiger partial charge in [-0.1, -0.05) is 17.3 Å². The van der Waals surface area contributed by atoms with Crippen molar-refractivity contribution in [1.82, 2.24) is 9.46 Å². The lowest BCUT2D eigenvalue weighted by Gasteiger charge is -2.32. The Labute approximate surface area is 141 Å². The first-order valence-corrected chi connectivity index (χ1v) is 9.24. The molecule has 3 rings (SSSR count). The lowest BCUT2D eigenvalue weighted by atomic mass is 10.1. The van der Waals surface area contributed by atoms with Gasteiger partial charge in [0.15, 0.2) is 5.76 Å². The summed E-state index contributed by atoms with van der Waals surface area (Å²) in [5.74, 6) is 0.865. The second kappa shape index (κ2) is 6.92. The summed E-state index contributed by atoms with van der Waals surface area (Å²) in [7, 11) is -1.90. The van der Waals surface area contributed by atoms with Gasteiger partial charge in [0, 0.05) is 19.2 Å². The monoisotopic (exact) mass is 352 g/mol. The number of nitrogens with zero attached hydrogens (tertiary/aromatic N) is 2. The number of rotatable bonds is 5. The van der Waals surface area contributed by atoms with Gasteiger partial charge in [0.1, 0.15) is 11.5 Å². The molecule has 1 fully saturated rings. The largest absolute Gasteiger partial charge is 0.497 e. The van der Waals surface area contributed by atoms with Gasteiger partial charge < -0.3 is 14.0 Å². The normalized spacial score (nSPS) is 19.3. The summed E-state index contributed by atoms with van der Waals surface area (Å²) in [5, 5.41) is 3.73. The summed E-state index contributed by atoms with van der Waals surface area (Å²) in [5.41, 5.74) is 1.56. The third-order valence-corrected chi connectivity index (χ3v) is 5.66. The molecule has 8 heteroatoms. The third kappa shape index (κ3) is 3.77. The predicted octanol–water partition coefficient (Wildman–Crippen LogP) is 1.89. The van der Waals surface area contributed by atoms with Crippen molar-refractivity contribution < 1.29 is 22.4 Å². The highest BCUT2D eigenvalue weighted by Gasteiger charge is 2.31. The van der Waals surface area contributed by atoms with E-state index in [0.29, 0.717) is 30.4 Å². The molecule has 0 amide bonds. The summed E-state index contributed by atoms with van der Waals surface area (Å²) in [6, 6.07) is 9.11. The molecule has 1 aliphatic rings. The van der Waals surface area contributed by atoms with Crippen LogP contribution in [-0.4, -0.2) is 44.7 Å². The lowest BCUT2D eigenvalue weighted by molar-refractivity contribution is -0.00274. The van der Waals surface area contributed by atoms with Crippen molar-refractivity contribution in [2.75, 3.05) is 26.8 Å². The molecule has 1 atom stereocenters. The van der Waals surface area contributed by atoms with E-state index in [-0.39, 0.29) is 18.4 Å². The summed E-state index contributed by atoms with van der Waals surface area (Å²) < 4.78 is 42.7. The molecular formula is C16H20N2O5S. The smallest absolute Gasteiger partial charge is 0.221 e. The van der Waals surface area contributed by atoms with Gasteiger partial charge in [0.25, 0.3) is 0 Å². The molecular weight excluding hydrogens is 332 g/mol. The number of aryl methyl sites for hydroxylation is 1. The first-order chi connectivity index (χ1) is 11.5. The standard InChI is InChI=1S/C16H20N2O5S/c1-12-8-15(23-17-12)11-24(19,20)18-6-7-22-16(10-18)13-4-3-5-14(9-13)21-2/h3-5,8-9,16H,6-7,10-11H2,1-2H3. The van der Waals surface area contributed by atoms with E-state index < -0.39 is 10.0 Å². The Balaban J connectivity index is 1.74. The number of hydrogen-bond donors (Lipinski definition) is 0. The highest BCUT2D eigenvalue weighted by Crippen LogP contribution is 2.27. The number of ether oxygens (including phenoxy) is 2. The number of morpholine rings is 1. The van der Waals surface area contributed by atoms with Gasteiger partial charge in [0.05, 0.1) is 25.5 Å². The Bertz CT molecular complexity index is 802. The molecule has 24 heavy (non-hydrogen) atoms. The van der Waals surface area contributed by atoms with Gasteiger partial charge in [-0.15, -0.1) is 0 Å². The Kier molecular flexibility index (Phi) is 4.88. The first-order valence-electron chi connectivity index (χ1n) is 7.63. The minimum atomic E-state index is -3.49. The zero-order valence-corrected chi connectivity index (χ0v) is 14.5. The Morgan fingerprint density at radius 2 is 2.21 bits per heavy atom. The maximum atomic E-state index is 12.6. The summed E-state index contributed by atoms with van der Waals surface area (Å²) in [6.07, 6.45) is -0.319. The molecule has 2 aromatic rings. The van der Waals surface area contributed by atoms with Crippen molar-refractivity contribution in [2.24, 2.45) is 0 Å². The average Bonchev–Trinajstić information content (AvgIpc) is 2.99. The SMILES string of the molecule is COc1cccc(C2CN(S(=O)(=O)Cc3cc(C)no3)CCO2)c1. The number of aromatic nitrogens is 1. The number of methoxy groups -OCH3 is 1. The second-order valence-corrected chi connectivity index (χ2v) is 7.65. The lowest BCUT2D eigenvalue weighted by Crippen LogP contribution is -2.42. The van der Waals surface area contributed by atoms with Crippen molar-refractivity contribution in [1.29, 1.82) is 0 Å². The van der Waals surface area contributed by atoms with E-state index in [4.69, 9.17) is 14.0 Å². The van der Waals surface area contributed by atoms with Gasteiger partial charge in [-0.05, 0) is 24.6 Å². The zero-order chi connectivity index (χ0) is 17.2. The molecule has 0 saturated carbocycles. The number of benzene rings is 1. The average molecular weight is 352 g/mol. The molecule has 130 valence electrons. The van der Waals surface area contributed by atoms with Crippen LogP contribution in [0.25, 0.3) is 0 Å². The molecule has 0 aliphatic carbocycles. The quantitative estimate of drug-likeness (QED) is 0.817. The molecule has 0 bridgehead atoms. The zero-order valence-electron chi connectivity index (χ0n) is 13.6. The Morgan fingerprint density at radius 1 is 1.38 bits per heavy atom. The molecule has 1 aromatic heterocycles. The van der Waals surface area contributed by atoms with Crippen molar-refractivity contribution in [3.8, 4) is 5.75 Å². The van der Waals surface area contributed by atoms with E-state index >= 15 is 0 Å². The van der Waals surface area contributed by atoms with Crippen LogP contribution in [0, 0.1) is 6.92 Å². The third-order valence-electron chi connectivity index (χ3n) is 3.89. The van der Waals surface area contributed by atoms with Crippen molar-refractivity contribution >= 4 is 10.0 Å². The van der Waals surface area contributed by atoms with Crippen LogP contribution >= 0.6 is 0 Å². The van der Waals surface area contributed by atoms with Crippen LogP contribution in [-0.2, 0) is 20.5 Å². The van der Waals surface area contributed by atoms with Gasteiger partial charge in [-0.25, -0.2) is 8.42 Å². The highest BCUT2D eigenvalue weighted by atomic mass is 32.2. The van der Waals surface area contributed by atoms with Gasteiger partial charge >= 0.3 is 0 Å². The van der Waals surface area contributed by atoms with Crippen molar-refractivity contribution in [3.63, 3.8) is 0 Å². The van der Waals surface area contributed by atoms with Crippen LogP contribution in [0.2, 0.25) is 0 Å². The predicted molar refractivity (Wildman–Crippen MR) is 87.1 cm³/mol. The van der Waals surface area contributed by atoms with Gasteiger partial charge in [-0.3, -0.25) is 0 Å². The van der Waals surface area contributed by atoms with Gasteiger partial charge in [0.2, 0.25) is 10.0 Å². The van der Waals surface area contributed by atoms with E-state index in [1.165, 1.54) is 4.31 Å². The fraction of sp³-hybridized carbons (Fsp3) is 0.438. The fourth-order valence-corrected chi connectivity index (χ4v) is 4.07. The molecule has 0 N–H and O–H groups in total. The van der Waals surface area contributed by atoms with Crippen molar-refractivity contribution in [2.45, 2.75) is 18.8 Å². The second-order valence-electron chi connectivity index (χ2n) is 5.68. The molecule has 1 aromatic carbocycles. The van der Waals surface area contributed by atoms with E-state index in [1.807, 2.05) is 24.3 Å². The maximum absolute atomic E-state index is 12.6. The first kappa shape index (κ1) is 16.9. The van der Waals surface area contributed by atoms with E-state index in [2.05, 4.69) is 5.16 Å². The van der Waals surface area contributed by atoms with Crippen LogP contribution in [0.3, 0.4) is 0 Å². The van der Waals surface area contributed by atoms with Crippen LogP contribution in [0.15, 0.2) is 34.9 Å². The summed E-state index contributed by atoms with van der Waals surface area (Å²) in [4.78, 5) is 0. The molecule has 1 aliphatic heterocycles. The van der Waals surface area contributed by atoms with E-state index in [1.54, 1.807) is 20.1 Å². The summed E-state index contributed by atoms with van der Waals surface area (Å²) in [6.45, 7) is 2.70. The van der Waals surface area contributed by atoms with Crippen LogP contribution in [0.5, 0.6) is 5.75 Å². The maximum Gasteiger partial charge on any atom is 0.221 e. The van der Waals surface area contributed by atoms with Crippen LogP contribution < -0.4 is 4.74 Å². The Morgan fingerprint density at radius 3 is 2.92 bits per heavy atom. The molecule has 1 saturated heterocycles. The van der Waals surface area contributed by atoms with E-state index in [9.17, 15) is 8.42 Å². The molecule has 7 nitrogen and oxygen atoms in total. The summed E-state index contributed by atoms with van der Waals surface area (Å²) >= 11 is 0. The minimum absolute atomic E-state index is 0.196. The topological polar surface area (TPSA) is 81.9 Å². The van der Waals surface area contributed by atoms with Crippen LogP contribution in [0.1, 0.15) is 23.1 Å². The van der Waals surface area contributed by atoms with Gasteiger partial charge in [-0.2, -0.15) is 4.31 Å². The van der Waals surface area contributed by atoms with Crippen molar-refractivity contribution in [3.05, 3.63) is 47.3 Å². The minimum Gasteiger partial charge on any atom is -0.497 e. The van der Waals surface area contributed by atoms with E-state index in [0.717, 1.165) is 5.56 Å².